The van der Waals surface area contributed by atoms with E-state index < -0.39 is 6.29 Å². The molecule has 0 radical (unpaired) electrons. The van der Waals surface area contributed by atoms with Crippen molar-refractivity contribution in [3.05, 3.63) is 0 Å². The number of amides is 2. The summed E-state index contributed by atoms with van der Waals surface area (Å²) in [6, 6.07) is -0.216. The molecule has 6 nitrogen and oxygen atoms in total. The van der Waals surface area contributed by atoms with Gasteiger partial charge in [-0.2, -0.15) is 0 Å². The van der Waals surface area contributed by atoms with Crippen LogP contribution in [0.1, 0.15) is 32.1 Å². The Kier molecular flexibility index (Phi) is 4.65. The standard InChI is InChI=1S/C13H24N2O4/c1-18-11(19-2)8-14-12(17)15-13-5-3-9(4-6-13)10(16)7-13/h9-11,16H,3-8H2,1-2H3,(H2,14,15,17). The van der Waals surface area contributed by atoms with Gasteiger partial charge in [0.15, 0.2) is 6.29 Å². The smallest absolute Gasteiger partial charge is 0.315 e. The van der Waals surface area contributed by atoms with E-state index in [1.807, 2.05) is 0 Å². The SMILES string of the molecule is COC(CNC(=O)NC12CCC(CC1)C(O)C2)OC. The number of rotatable bonds is 5. The van der Waals surface area contributed by atoms with E-state index in [0.29, 0.717) is 18.9 Å². The third-order valence-corrected chi connectivity index (χ3v) is 4.47. The Balaban J connectivity index is 1.81. The van der Waals surface area contributed by atoms with Crippen LogP contribution in [0.15, 0.2) is 0 Å². The minimum absolute atomic E-state index is 0.216. The van der Waals surface area contributed by atoms with Gasteiger partial charge in [-0.15, -0.1) is 0 Å². The Morgan fingerprint density at radius 1 is 1.37 bits per heavy atom. The van der Waals surface area contributed by atoms with Gasteiger partial charge in [0.25, 0.3) is 0 Å². The fraction of sp³-hybridized carbons (Fsp3) is 0.923. The quantitative estimate of drug-likeness (QED) is 0.640. The molecule has 3 aliphatic rings. The predicted octanol–water partition coefficient (Wildman–Crippen LogP) is 0.598. The van der Waals surface area contributed by atoms with Gasteiger partial charge in [-0.3, -0.25) is 0 Å². The second-order valence-corrected chi connectivity index (χ2v) is 5.63. The van der Waals surface area contributed by atoms with Gasteiger partial charge in [0.05, 0.1) is 12.6 Å². The number of carbonyl (C=O) groups excluding carboxylic acids is 1. The maximum absolute atomic E-state index is 11.9. The van der Waals surface area contributed by atoms with Crippen LogP contribution < -0.4 is 10.6 Å². The lowest BCUT2D eigenvalue weighted by molar-refractivity contribution is -0.0974. The third-order valence-electron chi connectivity index (χ3n) is 4.47. The van der Waals surface area contributed by atoms with Crippen LogP contribution in [0.2, 0.25) is 0 Å². The van der Waals surface area contributed by atoms with Crippen molar-refractivity contribution in [3.8, 4) is 0 Å². The van der Waals surface area contributed by atoms with Gasteiger partial charge in [-0.05, 0) is 38.0 Å². The maximum Gasteiger partial charge on any atom is 0.315 e. The molecular weight excluding hydrogens is 248 g/mol. The van der Waals surface area contributed by atoms with Crippen LogP contribution in [0.3, 0.4) is 0 Å². The van der Waals surface area contributed by atoms with Gasteiger partial charge in [0.2, 0.25) is 0 Å². The van der Waals surface area contributed by atoms with Crippen LogP contribution in [-0.2, 0) is 9.47 Å². The van der Waals surface area contributed by atoms with Crippen LogP contribution in [0.25, 0.3) is 0 Å². The first-order valence-electron chi connectivity index (χ1n) is 6.88. The molecule has 110 valence electrons. The van der Waals surface area contributed by atoms with Crippen LogP contribution in [0.5, 0.6) is 0 Å². The van der Waals surface area contributed by atoms with Gasteiger partial charge in [0.1, 0.15) is 0 Å². The van der Waals surface area contributed by atoms with Crippen molar-refractivity contribution in [2.75, 3.05) is 20.8 Å². The molecule has 3 rings (SSSR count). The lowest BCUT2D eigenvalue weighted by Crippen LogP contribution is -2.60. The predicted molar refractivity (Wildman–Crippen MR) is 69.7 cm³/mol. The molecule has 3 fully saturated rings. The molecule has 0 aromatic carbocycles. The molecule has 0 heterocycles. The van der Waals surface area contributed by atoms with Gasteiger partial charge in [-0.25, -0.2) is 4.79 Å². The molecule has 1 atom stereocenters. The highest BCUT2D eigenvalue weighted by Crippen LogP contribution is 2.44. The van der Waals surface area contributed by atoms with Crippen molar-refractivity contribution in [2.45, 2.75) is 50.0 Å². The van der Waals surface area contributed by atoms with E-state index in [9.17, 15) is 9.90 Å². The second-order valence-electron chi connectivity index (χ2n) is 5.63. The van der Waals surface area contributed by atoms with Crippen molar-refractivity contribution < 1.29 is 19.4 Å². The molecule has 6 heteroatoms. The third kappa shape index (κ3) is 3.38. The van der Waals surface area contributed by atoms with Crippen LogP contribution >= 0.6 is 0 Å². The van der Waals surface area contributed by atoms with Gasteiger partial charge >= 0.3 is 6.03 Å². The molecule has 19 heavy (non-hydrogen) atoms. The van der Waals surface area contributed by atoms with E-state index in [0.717, 1.165) is 25.7 Å². The number of hydrogen-bond acceptors (Lipinski definition) is 4. The summed E-state index contributed by atoms with van der Waals surface area (Å²) in [5.41, 5.74) is -0.228. The molecule has 0 aromatic heterocycles. The summed E-state index contributed by atoms with van der Waals surface area (Å²) in [5.74, 6) is 0.429. The first-order chi connectivity index (χ1) is 9.08. The van der Waals surface area contributed by atoms with E-state index >= 15 is 0 Å². The van der Waals surface area contributed by atoms with Gasteiger partial charge in [0, 0.05) is 19.8 Å². The number of aliphatic hydroxyl groups excluding tert-OH is 1. The van der Waals surface area contributed by atoms with E-state index in [2.05, 4.69) is 10.6 Å². The summed E-state index contributed by atoms with van der Waals surface area (Å²) >= 11 is 0. The molecular formula is C13H24N2O4. The monoisotopic (exact) mass is 272 g/mol. The Bertz CT molecular complexity index is 312. The Labute approximate surface area is 113 Å². The van der Waals surface area contributed by atoms with Gasteiger partial charge < -0.3 is 25.2 Å². The van der Waals surface area contributed by atoms with Crippen LogP contribution in [-0.4, -0.2) is 49.8 Å². The van der Waals surface area contributed by atoms with E-state index in [1.54, 1.807) is 0 Å². The number of ether oxygens (including phenoxy) is 2. The Morgan fingerprint density at radius 2 is 2.00 bits per heavy atom. The lowest BCUT2D eigenvalue weighted by Gasteiger charge is -2.49. The first-order valence-corrected chi connectivity index (χ1v) is 6.88. The van der Waals surface area contributed by atoms with E-state index in [4.69, 9.17) is 9.47 Å². The van der Waals surface area contributed by atoms with E-state index in [-0.39, 0.29) is 17.7 Å². The van der Waals surface area contributed by atoms with Crippen molar-refractivity contribution in [1.29, 1.82) is 0 Å². The normalized spacial score (nSPS) is 33.5. The fourth-order valence-electron chi connectivity index (χ4n) is 3.25. The summed E-state index contributed by atoms with van der Waals surface area (Å²) in [4.78, 5) is 11.9. The minimum Gasteiger partial charge on any atom is -0.393 e. The number of nitrogens with one attached hydrogen (secondary N) is 2. The molecule has 2 amide bonds. The zero-order chi connectivity index (χ0) is 13.9. The number of fused-ring (bicyclic) bond motifs is 3. The van der Waals surface area contributed by atoms with Crippen molar-refractivity contribution in [2.24, 2.45) is 5.92 Å². The molecule has 2 bridgehead atoms. The molecule has 0 spiro atoms. The highest BCUT2D eigenvalue weighted by atomic mass is 16.7. The average Bonchev–Trinajstić information content (AvgIpc) is 2.40. The van der Waals surface area contributed by atoms with Crippen LogP contribution in [0.4, 0.5) is 4.79 Å². The molecule has 0 saturated heterocycles. The Hall–Kier alpha value is -0.850. The number of methoxy groups -OCH3 is 2. The van der Waals surface area contributed by atoms with Gasteiger partial charge in [-0.1, -0.05) is 0 Å². The number of carbonyl (C=O) groups is 1. The summed E-state index contributed by atoms with van der Waals surface area (Å²) < 4.78 is 10.0. The van der Waals surface area contributed by atoms with Crippen molar-refractivity contribution in [1.82, 2.24) is 10.6 Å². The molecule has 1 unspecified atom stereocenters. The summed E-state index contributed by atoms with van der Waals surface area (Å²) in [6.45, 7) is 0.306. The molecule has 3 aliphatic carbocycles. The minimum atomic E-state index is -0.434. The van der Waals surface area contributed by atoms with E-state index in [1.165, 1.54) is 14.2 Å². The highest BCUT2D eigenvalue weighted by Gasteiger charge is 2.46. The lowest BCUT2D eigenvalue weighted by atomic mass is 9.64. The fourth-order valence-corrected chi connectivity index (χ4v) is 3.25. The number of aliphatic hydroxyl groups is 1. The second kappa shape index (κ2) is 6.07. The molecule has 3 saturated carbocycles. The summed E-state index contributed by atoms with van der Waals surface area (Å²) in [5, 5.41) is 15.7. The molecule has 0 aromatic rings. The molecule has 3 N–H and O–H groups in total. The first kappa shape index (κ1) is 14.6. The maximum atomic E-state index is 11.9. The summed E-state index contributed by atoms with van der Waals surface area (Å²) in [7, 11) is 3.07. The summed E-state index contributed by atoms with van der Waals surface area (Å²) in [6.07, 6.45) is 3.88. The molecule has 0 aliphatic heterocycles. The highest BCUT2D eigenvalue weighted by molar-refractivity contribution is 5.74. The zero-order valence-electron chi connectivity index (χ0n) is 11.6. The van der Waals surface area contributed by atoms with Crippen LogP contribution in [0, 0.1) is 5.92 Å². The van der Waals surface area contributed by atoms with Crippen molar-refractivity contribution >= 4 is 6.03 Å². The Morgan fingerprint density at radius 3 is 2.53 bits per heavy atom. The zero-order valence-corrected chi connectivity index (χ0v) is 11.6. The largest absolute Gasteiger partial charge is 0.393 e. The van der Waals surface area contributed by atoms with Crippen molar-refractivity contribution in [3.63, 3.8) is 0 Å². The number of urea groups is 1. The number of hydrogen-bond donors (Lipinski definition) is 3. The topological polar surface area (TPSA) is 79.8 Å². The average molecular weight is 272 g/mol.